The Morgan fingerprint density at radius 1 is 1.35 bits per heavy atom. The molecule has 0 bridgehead atoms. The number of pyridine rings is 1. The van der Waals surface area contributed by atoms with Gasteiger partial charge < -0.3 is 30.5 Å². The van der Waals surface area contributed by atoms with Crippen molar-refractivity contribution in [1.29, 1.82) is 0 Å². The van der Waals surface area contributed by atoms with Crippen molar-refractivity contribution in [1.82, 2.24) is 10.3 Å². The normalized spacial score (nSPS) is 30.9. The predicted molar refractivity (Wildman–Crippen MR) is 81.4 cm³/mol. The molecule has 2 heterocycles. The van der Waals surface area contributed by atoms with Crippen molar-refractivity contribution >= 4 is 17.7 Å². The fourth-order valence-corrected chi connectivity index (χ4v) is 3.34. The van der Waals surface area contributed by atoms with E-state index in [2.05, 4.69) is 10.3 Å². The molecule has 128 valence electrons. The largest absolute Gasteiger partial charge is 0.394 e. The average molecular weight is 344 g/mol. The van der Waals surface area contributed by atoms with Crippen LogP contribution in [0.2, 0.25) is 0 Å². The molecule has 8 nitrogen and oxygen atoms in total. The van der Waals surface area contributed by atoms with Crippen LogP contribution in [0, 0.1) is 0 Å². The molecule has 0 radical (unpaired) electrons. The van der Waals surface area contributed by atoms with Gasteiger partial charge in [-0.3, -0.25) is 4.79 Å². The second-order valence-corrected chi connectivity index (χ2v) is 6.33. The first kappa shape index (κ1) is 18.1. The van der Waals surface area contributed by atoms with Gasteiger partial charge in [0.25, 0.3) is 0 Å². The Labute approximate surface area is 137 Å². The van der Waals surface area contributed by atoms with E-state index in [1.165, 1.54) is 13.1 Å². The molecule has 23 heavy (non-hydrogen) atoms. The summed E-state index contributed by atoms with van der Waals surface area (Å²) in [6.07, 6.45) is -2.03. The van der Waals surface area contributed by atoms with Gasteiger partial charge >= 0.3 is 0 Å². The second-order valence-electron chi connectivity index (χ2n) is 5.21. The molecule has 9 heteroatoms. The summed E-state index contributed by atoms with van der Waals surface area (Å²) in [6, 6.07) is 2.52. The third kappa shape index (κ3) is 4.40. The van der Waals surface area contributed by atoms with E-state index >= 15 is 0 Å². The van der Waals surface area contributed by atoms with E-state index in [0.717, 1.165) is 11.8 Å². The zero-order valence-electron chi connectivity index (χ0n) is 12.5. The molecule has 1 aromatic heterocycles. The number of hydrogen-bond donors (Lipinski definition) is 5. The number of rotatable bonds is 5. The Balaban J connectivity index is 2.17. The smallest absolute Gasteiger partial charge is 0.217 e. The molecule has 0 aliphatic carbocycles. The highest BCUT2D eigenvalue weighted by atomic mass is 32.2. The lowest BCUT2D eigenvalue weighted by atomic mass is 9.98. The number of carbonyl (C=O) groups is 1. The lowest BCUT2D eigenvalue weighted by molar-refractivity contribution is -0.173. The zero-order chi connectivity index (χ0) is 17.0. The summed E-state index contributed by atoms with van der Waals surface area (Å²) >= 11 is 1.15. The zero-order valence-corrected chi connectivity index (χ0v) is 13.3. The summed E-state index contributed by atoms with van der Waals surface area (Å²) in [5.41, 5.74) is -0.0806. The van der Waals surface area contributed by atoms with Gasteiger partial charge in [-0.05, 0) is 11.6 Å². The van der Waals surface area contributed by atoms with Gasteiger partial charge in [-0.2, -0.15) is 0 Å². The second kappa shape index (κ2) is 8.04. The van der Waals surface area contributed by atoms with Crippen LogP contribution in [0.3, 0.4) is 0 Å². The minimum absolute atomic E-state index is 0.121. The maximum Gasteiger partial charge on any atom is 0.217 e. The number of carbonyl (C=O) groups excluding carboxylic acids is 1. The van der Waals surface area contributed by atoms with Crippen molar-refractivity contribution in [2.75, 3.05) is 6.61 Å². The van der Waals surface area contributed by atoms with Crippen LogP contribution in [0.15, 0.2) is 23.4 Å². The summed E-state index contributed by atoms with van der Waals surface area (Å²) in [5.74, 6) is -0.374. The van der Waals surface area contributed by atoms with E-state index in [9.17, 15) is 20.1 Å². The Morgan fingerprint density at radius 2 is 2.09 bits per heavy atom. The first-order chi connectivity index (χ1) is 11.0. The number of aliphatic hydroxyl groups is 4. The van der Waals surface area contributed by atoms with E-state index in [1.807, 2.05) is 0 Å². The van der Waals surface area contributed by atoms with Crippen molar-refractivity contribution in [3.05, 3.63) is 23.9 Å². The van der Waals surface area contributed by atoms with E-state index in [4.69, 9.17) is 9.84 Å². The third-order valence-electron chi connectivity index (χ3n) is 3.47. The molecule has 0 spiro atoms. The number of thioether (sulfide) groups is 1. The van der Waals surface area contributed by atoms with Gasteiger partial charge in [0.1, 0.15) is 23.7 Å². The highest BCUT2D eigenvalue weighted by Crippen LogP contribution is 2.32. The Hall–Kier alpha value is -1.23. The summed E-state index contributed by atoms with van der Waals surface area (Å²) in [5, 5.41) is 41.5. The fraction of sp³-hybridized carbons (Fsp3) is 0.571. The summed E-state index contributed by atoms with van der Waals surface area (Å²) in [7, 11) is 0. The van der Waals surface area contributed by atoms with Crippen molar-refractivity contribution in [2.45, 2.75) is 48.3 Å². The lowest BCUT2D eigenvalue weighted by Gasteiger charge is -2.42. The Morgan fingerprint density at radius 3 is 2.61 bits per heavy atom. The molecule has 0 aromatic carbocycles. The first-order valence-electron chi connectivity index (χ1n) is 7.08. The fourth-order valence-electron chi connectivity index (χ4n) is 2.26. The number of nitrogens with zero attached hydrogens (tertiary/aromatic N) is 1. The Kier molecular flexibility index (Phi) is 6.33. The van der Waals surface area contributed by atoms with Crippen molar-refractivity contribution in [2.24, 2.45) is 0 Å². The van der Waals surface area contributed by atoms with Crippen molar-refractivity contribution in [3.63, 3.8) is 0 Å². The van der Waals surface area contributed by atoms with Gasteiger partial charge in [0, 0.05) is 13.1 Å². The molecule has 1 fully saturated rings. The number of amides is 1. The molecule has 1 saturated heterocycles. The van der Waals surface area contributed by atoms with Crippen LogP contribution < -0.4 is 5.32 Å². The first-order valence-corrected chi connectivity index (χ1v) is 7.96. The summed E-state index contributed by atoms with van der Waals surface area (Å²) in [4.78, 5) is 15.5. The van der Waals surface area contributed by atoms with Crippen LogP contribution in [0.5, 0.6) is 0 Å². The maximum absolute atomic E-state index is 11.3. The molecule has 5 atom stereocenters. The minimum atomic E-state index is -1.31. The number of hydrogen-bond acceptors (Lipinski definition) is 8. The van der Waals surface area contributed by atoms with E-state index in [1.54, 1.807) is 12.1 Å². The number of nitrogens with one attached hydrogen (secondary N) is 1. The maximum atomic E-state index is 11.3. The van der Waals surface area contributed by atoms with Gasteiger partial charge in [-0.25, -0.2) is 4.98 Å². The van der Waals surface area contributed by atoms with Crippen LogP contribution in [-0.4, -0.2) is 67.7 Å². The molecule has 5 N–H and O–H groups in total. The minimum Gasteiger partial charge on any atom is -0.394 e. The van der Waals surface area contributed by atoms with Crippen LogP contribution >= 0.6 is 11.8 Å². The molecule has 1 aromatic rings. The van der Waals surface area contributed by atoms with Crippen LogP contribution in [-0.2, 0) is 16.1 Å². The van der Waals surface area contributed by atoms with E-state index in [-0.39, 0.29) is 12.5 Å². The third-order valence-corrected chi connectivity index (χ3v) is 4.59. The van der Waals surface area contributed by atoms with E-state index in [0.29, 0.717) is 10.6 Å². The molecule has 1 aliphatic heterocycles. The predicted octanol–water partition coefficient (Wildman–Crippen LogP) is -1.39. The molecule has 2 rings (SSSR count). The van der Waals surface area contributed by atoms with Crippen LogP contribution in [0.4, 0.5) is 0 Å². The van der Waals surface area contributed by atoms with Crippen molar-refractivity contribution in [3.8, 4) is 0 Å². The number of ether oxygens (including phenoxy) is 1. The quantitative estimate of drug-likeness (QED) is 0.441. The topological polar surface area (TPSA) is 132 Å². The van der Waals surface area contributed by atoms with Crippen LogP contribution in [0.1, 0.15) is 12.5 Å². The summed E-state index contributed by atoms with van der Waals surface area (Å²) < 4.78 is 5.59. The number of aromatic nitrogens is 1. The van der Waals surface area contributed by atoms with Gasteiger partial charge in [-0.15, -0.1) is 0 Å². The average Bonchev–Trinajstić information content (AvgIpc) is 2.54. The van der Waals surface area contributed by atoms with Gasteiger partial charge in [0.2, 0.25) is 5.91 Å². The SMILES string of the molecule is CC(=O)N[C@@H]1[C@@H](O)[C@H](O)[C@@H](CO)O[C@H]1Sc1ccc(CO)cn1. The van der Waals surface area contributed by atoms with Crippen molar-refractivity contribution < 1.29 is 30.0 Å². The molecule has 0 unspecified atom stereocenters. The molecule has 0 saturated carbocycles. The van der Waals surface area contributed by atoms with Crippen LogP contribution in [0.25, 0.3) is 0 Å². The van der Waals surface area contributed by atoms with Gasteiger partial charge in [0.15, 0.2) is 0 Å². The highest BCUT2D eigenvalue weighted by molar-refractivity contribution is 7.99. The van der Waals surface area contributed by atoms with E-state index < -0.39 is 36.4 Å². The monoisotopic (exact) mass is 344 g/mol. The van der Waals surface area contributed by atoms with Gasteiger partial charge in [0.05, 0.1) is 24.3 Å². The highest BCUT2D eigenvalue weighted by Gasteiger charge is 2.45. The Bertz CT molecular complexity index is 529. The molecule has 1 aliphatic rings. The molecule has 1 amide bonds. The molecular weight excluding hydrogens is 324 g/mol. The summed E-state index contributed by atoms with van der Waals surface area (Å²) in [6.45, 7) is 0.718. The molecular formula is C14H20N2O6S. The lowest BCUT2D eigenvalue weighted by Crippen LogP contribution is -2.63. The van der Waals surface area contributed by atoms with Gasteiger partial charge in [-0.1, -0.05) is 17.8 Å². The number of aliphatic hydroxyl groups excluding tert-OH is 4. The standard InChI is InChI=1S/C14H20N2O6S/c1-7(19)16-11-13(21)12(20)9(6-18)22-14(11)23-10-3-2-8(5-17)4-15-10/h2-4,9,11-14,17-18,20-21H,5-6H2,1H3,(H,16,19)/t9-,11-,12-,13-,14+/m1/s1.